The number of nitrogens with one attached hydrogen (secondary N) is 1. The van der Waals surface area contributed by atoms with Crippen molar-refractivity contribution in [2.75, 3.05) is 10.8 Å². The number of hydrogen-bond acceptors (Lipinski definition) is 4. The van der Waals surface area contributed by atoms with Gasteiger partial charge in [-0.25, -0.2) is 8.42 Å². The van der Waals surface area contributed by atoms with Crippen LogP contribution in [-0.4, -0.2) is 43.8 Å². The Morgan fingerprint density at radius 3 is 2.16 bits per heavy atom. The molecular formula is C33H39Cl2N3O4S. The molecular weight excluding hydrogens is 605 g/mol. The third-order valence-corrected chi connectivity index (χ3v) is 10.5. The number of para-hydroxylation sites is 1. The van der Waals surface area contributed by atoms with Gasteiger partial charge in [-0.05, 0) is 68.5 Å². The summed E-state index contributed by atoms with van der Waals surface area (Å²) in [6.07, 6.45) is 4.75. The summed E-state index contributed by atoms with van der Waals surface area (Å²) in [5, 5.41) is 3.83. The van der Waals surface area contributed by atoms with Crippen molar-refractivity contribution >= 4 is 50.7 Å². The number of halogens is 2. The maximum atomic E-state index is 14.4. The summed E-state index contributed by atoms with van der Waals surface area (Å²) in [5.74, 6) is -0.807. The summed E-state index contributed by atoms with van der Waals surface area (Å²) in [6.45, 7) is 5.08. The third-order valence-electron chi connectivity index (χ3n) is 8.01. The van der Waals surface area contributed by atoms with E-state index in [2.05, 4.69) is 5.32 Å². The Kier molecular flexibility index (Phi) is 11.2. The molecule has 3 aromatic carbocycles. The molecule has 0 saturated heterocycles. The third kappa shape index (κ3) is 7.72. The summed E-state index contributed by atoms with van der Waals surface area (Å²) >= 11 is 13.0. The second-order valence-corrected chi connectivity index (χ2v) is 13.6. The quantitative estimate of drug-likeness (QED) is 0.232. The highest BCUT2D eigenvalue weighted by Crippen LogP contribution is 2.30. The Hall–Kier alpha value is -3.07. The predicted octanol–water partition coefficient (Wildman–Crippen LogP) is 6.93. The summed E-state index contributed by atoms with van der Waals surface area (Å²) < 4.78 is 29.5. The van der Waals surface area contributed by atoms with Crippen LogP contribution in [0.4, 0.5) is 5.69 Å². The predicted molar refractivity (Wildman–Crippen MR) is 173 cm³/mol. The van der Waals surface area contributed by atoms with E-state index in [0.29, 0.717) is 34.1 Å². The fourth-order valence-electron chi connectivity index (χ4n) is 5.54. The van der Waals surface area contributed by atoms with E-state index in [1.165, 1.54) is 4.90 Å². The Labute approximate surface area is 265 Å². The van der Waals surface area contributed by atoms with Crippen molar-refractivity contribution in [2.24, 2.45) is 0 Å². The van der Waals surface area contributed by atoms with Crippen molar-refractivity contribution in [3.63, 3.8) is 0 Å². The molecule has 0 unspecified atom stereocenters. The first kappa shape index (κ1) is 32.8. The van der Waals surface area contributed by atoms with Gasteiger partial charge >= 0.3 is 0 Å². The van der Waals surface area contributed by atoms with Crippen molar-refractivity contribution < 1.29 is 18.0 Å². The van der Waals surface area contributed by atoms with Gasteiger partial charge in [0.25, 0.3) is 10.0 Å². The maximum Gasteiger partial charge on any atom is 0.264 e. The van der Waals surface area contributed by atoms with Gasteiger partial charge in [0.05, 0.1) is 10.6 Å². The molecule has 0 aromatic heterocycles. The van der Waals surface area contributed by atoms with Crippen molar-refractivity contribution in [1.82, 2.24) is 10.2 Å². The number of sulfonamides is 1. The summed E-state index contributed by atoms with van der Waals surface area (Å²) in [4.78, 5) is 29.5. The number of rotatable bonds is 12. The van der Waals surface area contributed by atoms with E-state index < -0.39 is 28.5 Å². The summed E-state index contributed by atoms with van der Waals surface area (Å²) in [5.41, 5.74) is 2.60. The van der Waals surface area contributed by atoms with Crippen molar-refractivity contribution in [3.05, 3.63) is 93.5 Å². The first-order chi connectivity index (χ1) is 20.6. The second kappa shape index (κ2) is 14.6. The molecule has 2 amide bonds. The summed E-state index contributed by atoms with van der Waals surface area (Å²) in [6, 6.07) is 18.0. The molecule has 1 atom stereocenters. The Balaban J connectivity index is 1.77. The lowest BCUT2D eigenvalue weighted by Crippen LogP contribution is -2.53. The van der Waals surface area contributed by atoms with Crippen molar-refractivity contribution in [2.45, 2.75) is 82.8 Å². The van der Waals surface area contributed by atoms with Gasteiger partial charge in [-0.15, -0.1) is 0 Å². The molecule has 0 heterocycles. The standard InChI is InChI=1S/C33H39Cl2N3O4S/c1-4-24-11-6-9-16-31(24)38(43(41,42)26-19-17-23(3)18-20-26)22-32(39)37(21-27-28(34)14-10-15-29(27)35)30(5-2)33(40)36-25-12-7-8-13-25/h6,9-11,14-20,25,30H,4-5,7-8,12-13,21-22H2,1-3H3,(H,36,40)/t30-/m1/s1. The van der Waals surface area contributed by atoms with Crippen LogP contribution in [0.3, 0.4) is 0 Å². The van der Waals surface area contributed by atoms with E-state index >= 15 is 0 Å². The van der Waals surface area contributed by atoms with Crippen LogP contribution < -0.4 is 9.62 Å². The number of amides is 2. The highest BCUT2D eigenvalue weighted by molar-refractivity contribution is 7.92. The second-order valence-electron chi connectivity index (χ2n) is 10.9. The normalized spacial score (nSPS) is 14.3. The lowest BCUT2D eigenvalue weighted by Gasteiger charge is -2.34. The van der Waals surface area contributed by atoms with Gasteiger partial charge in [0.15, 0.2) is 0 Å². The summed E-state index contributed by atoms with van der Waals surface area (Å²) in [7, 11) is -4.16. The molecule has 7 nitrogen and oxygen atoms in total. The van der Waals surface area contributed by atoms with Crippen molar-refractivity contribution in [1.29, 1.82) is 0 Å². The number of carbonyl (C=O) groups excluding carboxylic acids is 2. The molecule has 0 radical (unpaired) electrons. The van der Waals surface area contributed by atoms with E-state index in [0.717, 1.165) is 41.1 Å². The van der Waals surface area contributed by atoms with E-state index in [-0.39, 0.29) is 23.4 Å². The lowest BCUT2D eigenvalue weighted by atomic mass is 10.1. The first-order valence-electron chi connectivity index (χ1n) is 14.8. The number of aryl methyl sites for hydroxylation is 2. The van der Waals surface area contributed by atoms with Crippen LogP contribution >= 0.6 is 23.2 Å². The van der Waals surface area contributed by atoms with Gasteiger partial charge < -0.3 is 10.2 Å². The molecule has 0 bridgehead atoms. The molecule has 1 aliphatic rings. The fourth-order valence-corrected chi connectivity index (χ4v) is 7.51. The van der Waals surface area contributed by atoms with Crippen LogP contribution in [0, 0.1) is 6.92 Å². The zero-order chi connectivity index (χ0) is 31.1. The number of benzene rings is 3. The number of anilines is 1. The highest BCUT2D eigenvalue weighted by Gasteiger charge is 2.35. The topological polar surface area (TPSA) is 86.8 Å². The monoisotopic (exact) mass is 643 g/mol. The Morgan fingerprint density at radius 1 is 0.930 bits per heavy atom. The Morgan fingerprint density at radius 2 is 1.56 bits per heavy atom. The molecule has 1 saturated carbocycles. The molecule has 1 N–H and O–H groups in total. The molecule has 0 spiro atoms. The van der Waals surface area contributed by atoms with Gasteiger partial charge in [0, 0.05) is 28.2 Å². The highest BCUT2D eigenvalue weighted by atomic mass is 35.5. The minimum Gasteiger partial charge on any atom is -0.352 e. The van der Waals surface area contributed by atoms with Crippen LogP contribution in [-0.2, 0) is 32.6 Å². The van der Waals surface area contributed by atoms with E-state index in [1.807, 2.05) is 32.9 Å². The van der Waals surface area contributed by atoms with Gasteiger partial charge in [-0.1, -0.05) is 91.9 Å². The van der Waals surface area contributed by atoms with Gasteiger partial charge in [0.2, 0.25) is 11.8 Å². The number of hydrogen-bond donors (Lipinski definition) is 1. The number of nitrogens with zero attached hydrogens (tertiary/aromatic N) is 2. The average Bonchev–Trinajstić information content (AvgIpc) is 3.50. The molecule has 4 rings (SSSR count). The number of carbonyl (C=O) groups is 2. The zero-order valence-electron chi connectivity index (χ0n) is 24.9. The minimum atomic E-state index is -4.16. The van der Waals surface area contributed by atoms with Crippen LogP contribution in [0.15, 0.2) is 71.6 Å². The molecule has 1 fully saturated rings. The van der Waals surface area contributed by atoms with Crippen LogP contribution in [0.25, 0.3) is 0 Å². The van der Waals surface area contributed by atoms with Crippen LogP contribution in [0.2, 0.25) is 10.0 Å². The van der Waals surface area contributed by atoms with Crippen molar-refractivity contribution in [3.8, 4) is 0 Å². The first-order valence-corrected chi connectivity index (χ1v) is 17.0. The fraction of sp³-hybridized carbons (Fsp3) is 0.394. The smallest absolute Gasteiger partial charge is 0.264 e. The Bertz CT molecular complexity index is 1520. The van der Waals surface area contributed by atoms with Crippen LogP contribution in [0.1, 0.15) is 62.6 Å². The minimum absolute atomic E-state index is 0.0530. The molecule has 0 aliphatic heterocycles. The van der Waals surface area contributed by atoms with Gasteiger partial charge in [-0.2, -0.15) is 0 Å². The zero-order valence-corrected chi connectivity index (χ0v) is 27.2. The van der Waals surface area contributed by atoms with Gasteiger partial charge in [-0.3, -0.25) is 13.9 Å². The average molecular weight is 645 g/mol. The van der Waals surface area contributed by atoms with Crippen LogP contribution in [0.5, 0.6) is 0 Å². The lowest BCUT2D eigenvalue weighted by molar-refractivity contribution is -0.140. The largest absolute Gasteiger partial charge is 0.352 e. The maximum absolute atomic E-state index is 14.4. The van der Waals surface area contributed by atoms with E-state index in [1.54, 1.807) is 54.6 Å². The van der Waals surface area contributed by atoms with E-state index in [9.17, 15) is 18.0 Å². The molecule has 43 heavy (non-hydrogen) atoms. The molecule has 1 aliphatic carbocycles. The molecule has 10 heteroatoms. The molecule has 3 aromatic rings. The van der Waals surface area contributed by atoms with Gasteiger partial charge in [0.1, 0.15) is 12.6 Å². The molecule has 230 valence electrons. The van der Waals surface area contributed by atoms with E-state index in [4.69, 9.17) is 23.2 Å². The SMILES string of the molecule is CCc1ccccc1N(CC(=O)N(Cc1c(Cl)cccc1Cl)[C@H](CC)C(=O)NC1CCCC1)S(=O)(=O)c1ccc(C)cc1.